The molecule has 4 rings (SSSR count). The van der Waals surface area contributed by atoms with Crippen LogP contribution < -0.4 is 10.5 Å². The van der Waals surface area contributed by atoms with E-state index < -0.39 is 21.3 Å². The molecule has 0 spiro atoms. The Hall–Kier alpha value is -1.97. The van der Waals surface area contributed by atoms with Gasteiger partial charge in [0.1, 0.15) is 5.41 Å². The predicted octanol–water partition coefficient (Wildman–Crippen LogP) is 0.294. The van der Waals surface area contributed by atoms with Crippen molar-refractivity contribution in [2.24, 2.45) is 11.1 Å². The zero-order valence-electron chi connectivity index (χ0n) is 15.6. The standard InChI is InChI=1S/C19H25N3O5S/c20-17(23)19(6-7-19)18(24)22-8-5-13-3-4-16(10-14(13)12-22)28(25,26)21-11-15-2-1-9-27-15/h3-4,10,15,21H,1-2,5-9,11-12H2,(H2,20,23). The predicted molar refractivity (Wildman–Crippen MR) is 101 cm³/mol. The Bertz CT molecular complexity index is 904. The summed E-state index contributed by atoms with van der Waals surface area (Å²) in [5.74, 6) is -0.812. The molecule has 0 bridgehead atoms. The Morgan fingerprint density at radius 3 is 2.71 bits per heavy atom. The molecule has 0 radical (unpaired) electrons. The average Bonchev–Trinajstić information content (AvgIpc) is 3.34. The zero-order chi connectivity index (χ0) is 19.9. The molecule has 2 amide bonds. The van der Waals surface area contributed by atoms with E-state index in [4.69, 9.17) is 10.5 Å². The van der Waals surface area contributed by atoms with E-state index in [-0.39, 0.29) is 30.0 Å². The van der Waals surface area contributed by atoms with Crippen molar-refractivity contribution >= 4 is 21.8 Å². The van der Waals surface area contributed by atoms with E-state index >= 15 is 0 Å². The maximum Gasteiger partial charge on any atom is 0.240 e. The lowest BCUT2D eigenvalue weighted by Gasteiger charge is -2.31. The van der Waals surface area contributed by atoms with Crippen LogP contribution in [0.3, 0.4) is 0 Å². The molecule has 1 saturated carbocycles. The number of rotatable bonds is 6. The van der Waals surface area contributed by atoms with Gasteiger partial charge in [0.05, 0.1) is 11.0 Å². The van der Waals surface area contributed by atoms with Crippen molar-refractivity contribution in [1.82, 2.24) is 9.62 Å². The van der Waals surface area contributed by atoms with Gasteiger partial charge in [-0.1, -0.05) is 6.07 Å². The quantitative estimate of drug-likeness (QED) is 0.657. The summed E-state index contributed by atoms with van der Waals surface area (Å²) >= 11 is 0. The summed E-state index contributed by atoms with van der Waals surface area (Å²) in [4.78, 5) is 26.2. The number of ether oxygens (including phenoxy) is 1. The minimum Gasteiger partial charge on any atom is -0.377 e. The van der Waals surface area contributed by atoms with Crippen molar-refractivity contribution in [2.45, 2.75) is 49.6 Å². The highest BCUT2D eigenvalue weighted by molar-refractivity contribution is 7.89. The summed E-state index contributed by atoms with van der Waals surface area (Å²) in [5, 5.41) is 0. The van der Waals surface area contributed by atoms with Gasteiger partial charge in [0.15, 0.2) is 0 Å². The lowest BCUT2D eigenvalue weighted by atomic mass is 9.97. The number of hydrogen-bond acceptors (Lipinski definition) is 5. The molecule has 8 nitrogen and oxygen atoms in total. The number of hydrogen-bond donors (Lipinski definition) is 2. The number of carbonyl (C=O) groups excluding carboxylic acids is 2. The minimum absolute atomic E-state index is 0.0796. The van der Waals surface area contributed by atoms with Crippen molar-refractivity contribution in [3.05, 3.63) is 29.3 Å². The molecule has 2 heterocycles. The second-order valence-electron chi connectivity index (χ2n) is 7.84. The van der Waals surface area contributed by atoms with Crippen molar-refractivity contribution in [3.8, 4) is 0 Å². The average molecular weight is 407 g/mol. The summed E-state index contributed by atoms with van der Waals surface area (Å²) in [6.45, 7) is 1.72. The third-order valence-corrected chi connectivity index (χ3v) is 7.36. The lowest BCUT2D eigenvalue weighted by Crippen LogP contribution is -2.45. The number of nitrogens with two attached hydrogens (primary N) is 1. The zero-order valence-corrected chi connectivity index (χ0v) is 16.5. The van der Waals surface area contributed by atoms with Gasteiger partial charge < -0.3 is 15.4 Å². The fourth-order valence-electron chi connectivity index (χ4n) is 3.96. The summed E-state index contributed by atoms with van der Waals surface area (Å²) in [6, 6.07) is 5.02. The molecule has 152 valence electrons. The Morgan fingerprint density at radius 1 is 1.29 bits per heavy atom. The van der Waals surface area contributed by atoms with Crippen molar-refractivity contribution < 1.29 is 22.7 Å². The first-order valence-corrected chi connectivity index (χ1v) is 11.1. The Kier molecular flexibility index (Phi) is 4.93. The van der Waals surface area contributed by atoms with Crippen molar-refractivity contribution in [1.29, 1.82) is 0 Å². The van der Waals surface area contributed by atoms with Crippen LogP contribution >= 0.6 is 0 Å². The largest absolute Gasteiger partial charge is 0.377 e. The van der Waals surface area contributed by atoms with Crippen LogP contribution in [-0.2, 0) is 37.3 Å². The first-order valence-electron chi connectivity index (χ1n) is 9.64. The Morgan fingerprint density at radius 2 is 2.07 bits per heavy atom. The van der Waals surface area contributed by atoms with E-state index in [1.807, 2.05) is 0 Å². The fraction of sp³-hybridized carbons (Fsp3) is 0.579. The normalized spacial score (nSPS) is 23.3. The van der Waals surface area contributed by atoms with Crippen LogP contribution in [0, 0.1) is 5.41 Å². The molecule has 1 aromatic carbocycles. The highest BCUT2D eigenvalue weighted by Gasteiger charge is 2.57. The molecule has 3 N–H and O–H groups in total. The number of fused-ring (bicyclic) bond motifs is 1. The molecule has 1 aliphatic carbocycles. The number of sulfonamides is 1. The lowest BCUT2D eigenvalue weighted by molar-refractivity contribution is -0.143. The molecular formula is C19H25N3O5S. The van der Waals surface area contributed by atoms with E-state index in [1.165, 1.54) is 0 Å². The van der Waals surface area contributed by atoms with E-state index in [9.17, 15) is 18.0 Å². The maximum absolute atomic E-state index is 12.7. The van der Waals surface area contributed by atoms with E-state index in [0.29, 0.717) is 32.4 Å². The van der Waals surface area contributed by atoms with Gasteiger partial charge in [0, 0.05) is 26.2 Å². The van der Waals surface area contributed by atoms with Crippen LogP contribution in [0.15, 0.2) is 23.1 Å². The molecule has 1 saturated heterocycles. The van der Waals surface area contributed by atoms with Gasteiger partial charge in [-0.05, 0) is 55.4 Å². The molecule has 1 aromatic rings. The third-order valence-electron chi connectivity index (χ3n) is 5.94. The van der Waals surface area contributed by atoms with Gasteiger partial charge in [-0.3, -0.25) is 9.59 Å². The number of benzene rings is 1. The van der Waals surface area contributed by atoms with Gasteiger partial charge in [0.2, 0.25) is 21.8 Å². The van der Waals surface area contributed by atoms with E-state index in [0.717, 1.165) is 24.0 Å². The Labute approximate surface area is 164 Å². The van der Waals surface area contributed by atoms with Gasteiger partial charge in [-0.15, -0.1) is 0 Å². The van der Waals surface area contributed by atoms with Crippen LogP contribution in [0.25, 0.3) is 0 Å². The molecule has 1 unspecified atom stereocenters. The highest BCUT2D eigenvalue weighted by Crippen LogP contribution is 2.47. The molecule has 2 aliphatic heterocycles. The topological polar surface area (TPSA) is 119 Å². The SMILES string of the molecule is NC(=O)C1(C(=O)N2CCc3ccc(S(=O)(=O)NCC4CCCO4)cc3C2)CC1. The smallest absolute Gasteiger partial charge is 0.240 e. The molecule has 0 aromatic heterocycles. The van der Waals surface area contributed by atoms with E-state index in [2.05, 4.69) is 4.72 Å². The highest BCUT2D eigenvalue weighted by atomic mass is 32.2. The molecule has 9 heteroatoms. The first kappa shape index (κ1) is 19.4. The monoisotopic (exact) mass is 407 g/mol. The first-order chi connectivity index (χ1) is 13.3. The number of primary amides is 1. The van der Waals surface area contributed by atoms with Crippen LogP contribution in [0.4, 0.5) is 0 Å². The number of nitrogens with one attached hydrogen (secondary N) is 1. The summed E-state index contributed by atoms with van der Waals surface area (Å²) < 4.78 is 33.4. The molecule has 3 aliphatic rings. The summed E-state index contributed by atoms with van der Waals surface area (Å²) in [6.07, 6.45) is 3.33. The molecular weight excluding hydrogens is 382 g/mol. The number of carbonyl (C=O) groups is 2. The van der Waals surface area contributed by atoms with Crippen LogP contribution in [-0.4, -0.2) is 50.9 Å². The minimum atomic E-state index is -3.66. The molecule has 1 atom stereocenters. The van der Waals surface area contributed by atoms with E-state index in [1.54, 1.807) is 23.1 Å². The van der Waals surface area contributed by atoms with Crippen LogP contribution in [0.2, 0.25) is 0 Å². The molecule has 2 fully saturated rings. The Balaban J connectivity index is 1.49. The van der Waals surface area contributed by atoms with Crippen molar-refractivity contribution in [2.75, 3.05) is 19.7 Å². The second-order valence-corrected chi connectivity index (χ2v) is 9.61. The van der Waals surface area contributed by atoms with Crippen LogP contribution in [0.1, 0.15) is 36.8 Å². The van der Waals surface area contributed by atoms with Crippen molar-refractivity contribution in [3.63, 3.8) is 0 Å². The summed E-state index contributed by atoms with van der Waals surface area (Å²) in [7, 11) is -3.66. The van der Waals surface area contributed by atoms with Crippen LogP contribution in [0.5, 0.6) is 0 Å². The maximum atomic E-state index is 12.7. The van der Waals surface area contributed by atoms with Gasteiger partial charge >= 0.3 is 0 Å². The number of amides is 2. The second kappa shape index (κ2) is 7.13. The van der Waals surface area contributed by atoms with Gasteiger partial charge in [0.25, 0.3) is 0 Å². The van der Waals surface area contributed by atoms with Gasteiger partial charge in [-0.25, -0.2) is 13.1 Å². The fourth-order valence-corrected chi connectivity index (χ4v) is 5.08. The summed E-state index contributed by atoms with van der Waals surface area (Å²) in [5.41, 5.74) is 6.18. The molecule has 28 heavy (non-hydrogen) atoms. The third kappa shape index (κ3) is 3.54. The van der Waals surface area contributed by atoms with Gasteiger partial charge in [-0.2, -0.15) is 0 Å². The number of nitrogens with zero attached hydrogens (tertiary/aromatic N) is 1.